The van der Waals surface area contributed by atoms with Gasteiger partial charge in [0.2, 0.25) is 5.79 Å². The number of rotatable bonds is 11. The number of ether oxygens (including phenoxy) is 1. The summed E-state index contributed by atoms with van der Waals surface area (Å²) in [6.07, 6.45) is 0.601. The van der Waals surface area contributed by atoms with E-state index >= 15 is 0 Å². The minimum absolute atomic E-state index is 0.00272. The van der Waals surface area contributed by atoms with Crippen molar-refractivity contribution in [2.45, 2.75) is 43.1 Å². The van der Waals surface area contributed by atoms with E-state index in [1.807, 2.05) is 30.3 Å². The number of unbranched alkanes of at least 4 members (excludes halogenated alkanes) is 1. The molecule has 208 valence electrons. The Bertz CT molecular complexity index is 1390. The maximum Gasteiger partial charge on any atom is 0.424 e. The lowest BCUT2D eigenvalue weighted by molar-refractivity contribution is -0.228. The molecule has 10 nitrogen and oxygen atoms in total. The highest BCUT2D eigenvalue weighted by Gasteiger charge is 2.64. The molecule has 2 unspecified atom stereocenters. The Morgan fingerprint density at radius 2 is 1.55 bits per heavy atom. The van der Waals surface area contributed by atoms with Crippen molar-refractivity contribution in [1.29, 1.82) is 0 Å². The molecule has 2 atom stereocenters. The molecule has 0 saturated heterocycles. The molecule has 7 N–H and O–H groups in total. The van der Waals surface area contributed by atoms with E-state index in [1.54, 1.807) is 54.6 Å². The van der Waals surface area contributed by atoms with E-state index in [-0.39, 0.29) is 18.6 Å². The highest BCUT2D eigenvalue weighted by molar-refractivity contribution is 5.99. The first-order valence-corrected chi connectivity index (χ1v) is 12.9. The van der Waals surface area contributed by atoms with Crippen LogP contribution in [0.2, 0.25) is 0 Å². The number of carbonyl (C=O) groups excluding carboxylic acids is 3. The van der Waals surface area contributed by atoms with Gasteiger partial charge in [0.25, 0.3) is 5.91 Å². The van der Waals surface area contributed by atoms with Gasteiger partial charge in [0.15, 0.2) is 17.2 Å². The maximum absolute atomic E-state index is 13.4. The Kier molecular flexibility index (Phi) is 8.67. The summed E-state index contributed by atoms with van der Waals surface area (Å²) in [5.41, 5.74) is 4.68. The van der Waals surface area contributed by atoms with Gasteiger partial charge in [0, 0.05) is 12.0 Å². The van der Waals surface area contributed by atoms with Crippen LogP contribution in [0.3, 0.4) is 0 Å². The summed E-state index contributed by atoms with van der Waals surface area (Å²) < 4.78 is 5.45. The summed E-state index contributed by atoms with van der Waals surface area (Å²) in [6.45, 7) is -0.00272. The van der Waals surface area contributed by atoms with E-state index < -0.39 is 35.1 Å². The molecular weight excluding hydrogens is 512 g/mol. The van der Waals surface area contributed by atoms with Crippen LogP contribution in [0.4, 0.5) is 4.79 Å². The molecule has 0 bridgehead atoms. The standard InChI is InChI=1S/C30H32N4O6/c31-25(20-35)30(38,39)29(19-22-14-5-2-6-15-22,26-23-16-7-8-17-24(23)27(36)33-26)34(32)28(37)40-18-10-9-13-21-11-3-1-4-12-21/h1-8,11-12,14-17,26,38-39H,9-10,13,18-19,31-32H2,(H,33,36). The molecule has 3 aromatic carbocycles. The molecule has 0 spiro atoms. The van der Waals surface area contributed by atoms with Crippen molar-refractivity contribution in [3.8, 4) is 0 Å². The molecule has 1 aliphatic heterocycles. The molecule has 1 heterocycles. The van der Waals surface area contributed by atoms with Crippen molar-refractivity contribution in [2.75, 3.05) is 6.61 Å². The van der Waals surface area contributed by atoms with Gasteiger partial charge < -0.3 is 26.0 Å². The van der Waals surface area contributed by atoms with Crippen LogP contribution in [-0.2, 0) is 22.4 Å². The van der Waals surface area contributed by atoms with Crippen LogP contribution in [0.25, 0.3) is 0 Å². The molecule has 0 aromatic heterocycles. The number of fused-ring (bicyclic) bond motifs is 1. The Morgan fingerprint density at radius 3 is 2.20 bits per heavy atom. The quantitative estimate of drug-likeness (QED) is 0.0611. The second-order valence-corrected chi connectivity index (χ2v) is 9.70. The van der Waals surface area contributed by atoms with Gasteiger partial charge in [-0.25, -0.2) is 20.4 Å². The average Bonchev–Trinajstić information content (AvgIpc) is 3.32. The van der Waals surface area contributed by atoms with Crippen molar-refractivity contribution in [3.63, 3.8) is 0 Å². The van der Waals surface area contributed by atoms with E-state index in [4.69, 9.17) is 16.3 Å². The average molecular weight is 545 g/mol. The topological polar surface area (TPSA) is 168 Å². The normalized spacial score (nSPS) is 15.8. The molecule has 0 aliphatic carbocycles. The highest BCUT2D eigenvalue weighted by Crippen LogP contribution is 2.46. The summed E-state index contributed by atoms with van der Waals surface area (Å²) in [5.74, 6) is 3.95. The molecule has 0 radical (unpaired) electrons. The smallest absolute Gasteiger partial charge is 0.424 e. The van der Waals surface area contributed by atoms with Crippen LogP contribution in [-0.4, -0.2) is 51.1 Å². The zero-order valence-corrected chi connectivity index (χ0v) is 21.8. The Hall–Kier alpha value is -4.47. The van der Waals surface area contributed by atoms with Crippen LogP contribution in [0, 0.1) is 0 Å². The summed E-state index contributed by atoms with van der Waals surface area (Å²) in [4.78, 5) is 38.0. The predicted molar refractivity (Wildman–Crippen MR) is 147 cm³/mol. The lowest BCUT2D eigenvalue weighted by atomic mass is 9.72. The molecule has 3 aromatic rings. The fourth-order valence-corrected chi connectivity index (χ4v) is 5.12. The fraction of sp³-hybridized carbons (Fsp3) is 0.267. The first-order valence-electron chi connectivity index (χ1n) is 12.9. The lowest BCUT2D eigenvalue weighted by Crippen LogP contribution is -2.74. The minimum Gasteiger partial charge on any atom is -0.448 e. The van der Waals surface area contributed by atoms with Gasteiger partial charge >= 0.3 is 6.09 Å². The van der Waals surface area contributed by atoms with Gasteiger partial charge in [0.05, 0.1) is 12.6 Å². The van der Waals surface area contributed by atoms with E-state index in [2.05, 4.69) is 5.32 Å². The van der Waals surface area contributed by atoms with Crippen LogP contribution in [0.15, 0.2) is 90.6 Å². The van der Waals surface area contributed by atoms with Gasteiger partial charge in [-0.2, -0.15) is 0 Å². The third kappa shape index (κ3) is 5.47. The number of hydrogen-bond acceptors (Lipinski definition) is 8. The van der Waals surface area contributed by atoms with Gasteiger partial charge in [-0.05, 0) is 42.0 Å². The zero-order chi connectivity index (χ0) is 28.8. The third-order valence-corrected chi connectivity index (χ3v) is 7.23. The Morgan fingerprint density at radius 1 is 0.950 bits per heavy atom. The van der Waals surface area contributed by atoms with E-state index in [0.29, 0.717) is 22.6 Å². The first kappa shape index (κ1) is 28.5. The van der Waals surface area contributed by atoms with Crippen molar-refractivity contribution < 1.29 is 29.3 Å². The number of hydrogen-bond donors (Lipinski definition) is 5. The van der Waals surface area contributed by atoms with Gasteiger partial charge in [-0.1, -0.05) is 78.9 Å². The highest BCUT2D eigenvalue weighted by atomic mass is 16.6. The van der Waals surface area contributed by atoms with Crippen LogP contribution in [0.5, 0.6) is 0 Å². The van der Waals surface area contributed by atoms with E-state index in [0.717, 1.165) is 18.4 Å². The predicted octanol–water partition coefficient (Wildman–Crippen LogP) is 2.14. The SMILES string of the molecule is NC(=C=O)C(O)(O)C(Cc1ccccc1)(C1NC(=O)c2ccccc21)N(N)C(=O)OCCCCc1ccccc1. The van der Waals surface area contributed by atoms with E-state index in [9.17, 15) is 24.6 Å². The largest absolute Gasteiger partial charge is 0.448 e. The third-order valence-electron chi connectivity index (χ3n) is 7.23. The first-order chi connectivity index (χ1) is 19.2. The lowest BCUT2D eigenvalue weighted by Gasteiger charge is -2.50. The molecule has 2 amide bonds. The number of aliphatic hydroxyl groups is 2. The van der Waals surface area contributed by atoms with Crippen LogP contribution >= 0.6 is 0 Å². The summed E-state index contributed by atoms with van der Waals surface area (Å²) in [5, 5.41) is 26.3. The summed E-state index contributed by atoms with van der Waals surface area (Å²) in [7, 11) is 0. The number of nitrogens with one attached hydrogen (secondary N) is 1. The monoisotopic (exact) mass is 544 g/mol. The summed E-state index contributed by atoms with van der Waals surface area (Å²) in [6, 6.07) is 23.5. The van der Waals surface area contributed by atoms with Crippen molar-refractivity contribution in [3.05, 3.63) is 113 Å². The molecule has 0 fully saturated rings. The number of benzene rings is 3. The van der Waals surface area contributed by atoms with Crippen molar-refractivity contribution in [1.82, 2.24) is 10.3 Å². The van der Waals surface area contributed by atoms with Gasteiger partial charge in [-0.15, -0.1) is 0 Å². The number of carbonyl (C=O) groups is 2. The molecule has 40 heavy (non-hydrogen) atoms. The number of nitrogens with two attached hydrogens (primary N) is 2. The second kappa shape index (κ2) is 12.1. The van der Waals surface area contributed by atoms with Crippen LogP contribution in [0.1, 0.15) is 45.9 Å². The van der Waals surface area contributed by atoms with Gasteiger partial charge in [0.1, 0.15) is 0 Å². The maximum atomic E-state index is 13.4. The molecule has 0 saturated carbocycles. The van der Waals surface area contributed by atoms with Crippen molar-refractivity contribution >= 4 is 17.9 Å². The summed E-state index contributed by atoms with van der Waals surface area (Å²) >= 11 is 0. The Balaban J connectivity index is 1.70. The molecule has 4 rings (SSSR count). The minimum atomic E-state index is -3.25. The number of hydrazine groups is 1. The number of aryl methyl sites for hydroxylation is 1. The number of amides is 2. The van der Waals surface area contributed by atoms with Crippen LogP contribution < -0.4 is 16.9 Å². The molecule has 10 heteroatoms. The molecule has 1 aliphatic rings. The Labute approximate surface area is 231 Å². The molecular formula is C30H32N4O6. The number of nitrogens with zero attached hydrogens (tertiary/aromatic N) is 1. The fourth-order valence-electron chi connectivity index (χ4n) is 5.12. The van der Waals surface area contributed by atoms with E-state index in [1.165, 1.54) is 5.94 Å². The van der Waals surface area contributed by atoms with Gasteiger partial charge in [-0.3, -0.25) is 4.79 Å². The zero-order valence-electron chi connectivity index (χ0n) is 21.8. The van der Waals surface area contributed by atoms with Crippen molar-refractivity contribution in [2.24, 2.45) is 11.6 Å². The second-order valence-electron chi connectivity index (χ2n) is 9.70.